The largest absolute Gasteiger partial charge is 0.479 e. The van der Waals surface area contributed by atoms with Crippen molar-refractivity contribution < 1.29 is 14.7 Å². The molecule has 0 radical (unpaired) electrons. The summed E-state index contributed by atoms with van der Waals surface area (Å²) in [5.41, 5.74) is -0.0491. The van der Waals surface area contributed by atoms with Crippen molar-refractivity contribution in [2.45, 2.75) is 6.04 Å². The fourth-order valence-electron chi connectivity index (χ4n) is 0.743. The van der Waals surface area contributed by atoms with Crippen molar-refractivity contribution in [1.29, 1.82) is 0 Å². The molecule has 7 heteroatoms. The highest BCUT2D eigenvalue weighted by Crippen LogP contribution is 2.02. The third kappa shape index (κ3) is 1.75. The third-order valence-corrected chi connectivity index (χ3v) is 1.35. The minimum absolute atomic E-state index is 0.0491. The molecule has 0 saturated carbocycles. The molecule has 0 unspecified atom stereocenters. The van der Waals surface area contributed by atoms with E-state index in [1.807, 2.05) is 0 Å². The van der Waals surface area contributed by atoms with Crippen LogP contribution in [0.1, 0.15) is 10.5 Å². The number of ketones is 1. The van der Waals surface area contributed by atoms with Gasteiger partial charge in [0.25, 0.3) is 6.04 Å². The van der Waals surface area contributed by atoms with Crippen LogP contribution in [0.4, 0.5) is 0 Å². The zero-order chi connectivity index (χ0) is 9.84. The van der Waals surface area contributed by atoms with Crippen LogP contribution in [0.2, 0.25) is 0 Å². The Balaban J connectivity index is 2.89. The van der Waals surface area contributed by atoms with Gasteiger partial charge in [-0.15, -0.1) is 4.91 Å². The fourth-order valence-corrected chi connectivity index (χ4v) is 0.743. The van der Waals surface area contributed by atoms with Crippen LogP contribution >= 0.6 is 0 Å². The van der Waals surface area contributed by atoms with Gasteiger partial charge >= 0.3 is 5.97 Å². The molecule has 0 aliphatic rings. The Morgan fingerprint density at radius 1 is 1.62 bits per heavy atom. The second kappa shape index (κ2) is 3.57. The average Bonchev–Trinajstić information content (AvgIpc) is 2.56. The predicted octanol–water partition coefficient (Wildman–Crippen LogP) is -0.188. The first-order chi connectivity index (χ1) is 6.16. The molecule has 0 aliphatic carbocycles. The van der Waals surface area contributed by atoms with Gasteiger partial charge in [0.2, 0.25) is 5.78 Å². The molecule has 2 N–H and O–H groups in total. The van der Waals surface area contributed by atoms with E-state index >= 15 is 0 Å². The second-order valence-corrected chi connectivity index (χ2v) is 2.18. The van der Waals surface area contributed by atoms with Crippen LogP contribution in [0.5, 0.6) is 0 Å². The van der Waals surface area contributed by atoms with E-state index in [2.05, 4.69) is 15.1 Å². The van der Waals surface area contributed by atoms with Crippen molar-refractivity contribution in [3.8, 4) is 0 Å². The van der Waals surface area contributed by atoms with Crippen molar-refractivity contribution in [3.05, 3.63) is 23.1 Å². The van der Waals surface area contributed by atoms with Crippen LogP contribution in [-0.4, -0.2) is 32.9 Å². The van der Waals surface area contributed by atoms with Crippen LogP contribution in [0, 0.1) is 4.91 Å². The quantitative estimate of drug-likeness (QED) is 0.381. The van der Waals surface area contributed by atoms with E-state index in [4.69, 9.17) is 5.11 Å². The second-order valence-electron chi connectivity index (χ2n) is 2.18. The SMILES string of the molecule is O=N[C@H](C(=O)O)C(=O)c1cnc[nH]1. The normalized spacial score (nSPS) is 12.0. The molecule has 1 heterocycles. The highest BCUT2D eigenvalue weighted by molar-refractivity contribution is 6.10. The molecule has 1 aromatic rings. The number of carboxylic acid groups (broad SMARTS) is 1. The van der Waals surface area contributed by atoms with Gasteiger partial charge in [-0.2, -0.15) is 0 Å². The molecule has 1 atom stereocenters. The van der Waals surface area contributed by atoms with E-state index in [9.17, 15) is 14.5 Å². The van der Waals surface area contributed by atoms with Crippen molar-refractivity contribution in [3.63, 3.8) is 0 Å². The molecule has 7 nitrogen and oxygen atoms in total. The highest BCUT2D eigenvalue weighted by atomic mass is 16.4. The van der Waals surface area contributed by atoms with E-state index in [0.29, 0.717) is 0 Å². The van der Waals surface area contributed by atoms with Gasteiger partial charge in [0.1, 0.15) is 5.69 Å². The summed E-state index contributed by atoms with van der Waals surface area (Å²) in [6, 6.07) is -1.90. The molecule has 1 aromatic heterocycles. The molecule has 13 heavy (non-hydrogen) atoms. The van der Waals surface area contributed by atoms with Crippen LogP contribution in [0.25, 0.3) is 0 Å². The average molecular weight is 183 g/mol. The summed E-state index contributed by atoms with van der Waals surface area (Å²) in [4.78, 5) is 37.3. The van der Waals surface area contributed by atoms with Gasteiger partial charge in [-0.1, -0.05) is 0 Å². The number of nitrogens with one attached hydrogen (secondary N) is 1. The lowest BCUT2D eigenvalue weighted by molar-refractivity contribution is -0.137. The molecule has 0 bridgehead atoms. The number of carbonyl (C=O) groups is 2. The Morgan fingerprint density at radius 2 is 2.31 bits per heavy atom. The number of aromatic amines is 1. The number of hydrogen-bond donors (Lipinski definition) is 2. The van der Waals surface area contributed by atoms with Crippen LogP contribution < -0.4 is 0 Å². The summed E-state index contributed by atoms with van der Waals surface area (Å²) in [5, 5.41) is 10.6. The summed E-state index contributed by atoms with van der Waals surface area (Å²) < 4.78 is 0. The van der Waals surface area contributed by atoms with Gasteiger partial charge in [0.15, 0.2) is 0 Å². The van der Waals surface area contributed by atoms with Crippen LogP contribution in [0.3, 0.4) is 0 Å². The third-order valence-electron chi connectivity index (χ3n) is 1.35. The zero-order valence-corrected chi connectivity index (χ0v) is 6.30. The predicted molar refractivity (Wildman–Crippen MR) is 40.1 cm³/mol. The Hall–Kier alpha value is -2.05. The maximum Gasteiger partial charge on any atom is 0.340 e. The summed E-state index contributed by atoms with van der Waals surface area (Å²) in [7, 11) is 0. The number of hydrogen-bond acceptors (Lipinski definition) is 5. The van der Waals surface area contributed by atoms with Crippen LogP contribution in [-0.2, 0) is 4.79 Å². The van der Waals surface area contributed by atoms with Crippen LogP contribution in [0.15, 0.2) is 17.7 Å². The standard InChI is InChI=1S/C6H5N3O4/c10-5(3-1-7-2-8-3)4(9-13)6(11)12/h1-2,4H,(H,7,8)(H,11,12)/t4-/m0/s1. The Kier molecular flexibility index (Phi) is 2.48. The molecule has 1 rings (SSSR count). The molecular formula is C6H5N3O4. The smallest absolute Gasteiger partial charge is 0.340 e. The molecule has 0 amide bonds. The number of nitroso groups, excluding NO2 is 1. The fraction of sp³-hybridized carbons (Fsp3) is 0.167. The number of imidazole rings is 1. The first-order valence-electron chi connectivity index (χ1n) is 3.24. The number of carbonyl (C=O) groups excluding carboxylic acids is 1. The first-order valence-corrected chi connectivity index (χ1v) is 3.24. The zero-order valence-electron chi connectivity index (χ0n) is 6.30. The van der Waals surface area contributed by atoms with Crippen molar-refractivity contribution in [1.82, 2.24) is 9.97 Å². The number of H-pyrrole nitrogens is 1. The number of aliphatic carboxylic acids is 1. The lowest BCUT2D eigenvalue weighted by Crippen LogP contribution is -2.27. The van der Waals surface area contributed by atoms with Gasteiger partial charge in [-0.3, -0.25) is 4.79 Å². The minimum atomic E-state index is -1.90. The summed E-state index contributed by atoms with van der Waals surface area (Å²) in [6.07, 6.45) is 2.33. The lowest BCUT2D eigenvalue weighted by atomic mass is 10.1. The first kappa shape index (κ1) is 9.04. The number of carboxylic acids is 1. The topological polar surface area (TPSA) is 112 Å². The minimum Gasteiger partial charge on any atom is -0.479 e. The molecule has 0 spiro atoms. The van der Waals surface area contributed by atoms with Crippen molar-refractivity contribution in [2.75, 3.05) is 0 Å². The van der Waals surface area contributed by atoms with E-state index in [1.54, 1.807) is 0 Å². The van der Waals surface area contributed by atoms with Gasteiger partial charge in [0, 0.05) is 0 Å². The Labute approximate surface area is 71.8 Å². The monoisotopic (exact) mass is 183 g/mol. The molecule has 0 saturated heterocycles. The molecule has 0 fully saturated rings. The molecule has 0 aliphatic heterocycles. The van der Waals surface area contributed by atoms with E-state index < -0.39 is 17.8 Å². The Bertz CT molecular complexity index is 332. The van der Waals surface area contributed by atoms with E-state index in [1.165, 1.54) is 6.33 Å². The molecule has 68 valence electrons. The highest BCUT2D eigenvalue weighted by Gasteiger charge is 2.29. The van der Waals surface area contributed by atoms with Gasteiger partial charge < -0.3 is 10.1 Å². The number of rotatable bonds is 4. The van der Waals surface area contributed by atoms with Crippen molar-refractivity contribution in [2.24, 2.45) is 5.18 Å². The summed E-state index contributed by atoms with van der Waals surface area (Å²) in [6.45, 7) is 0. The maximum absolute atomic E-state index is 11.1. The molecule has 0 aromatic carbocycles. The Morgan fingerprint density at radius 3 is 2.69 bits per heavy atom. The number of Topliss-reactive ketones (excluding diaryl/α,β-unsaturated/α-hetero) is 1. The van der Waals surface area contributed by atoms with E-state index in [-0.39, 0.29) is 5.69 Å². The lowest BCUT2D eigenvalue weighted by Gasteiger charge is -1.98. The molecular weight excluding hydrogens is 178 g/mol. The van der Waals surface area contributed by atoms with Gasteiger partial charge in [-0.05, 0) is 5.18 Å². The van der Waals surface area contributed by atoms with Gasteiger partial charge in [-0.25, -0.2) is 9.78 Å². The number of aromatic nitrogens is 2. The van der Waals surface area contributed by atoms with E-state index in [0.717, 1.165) is 6.20 Å². The summed E-state index contributed by atoms with van der Waals surface area (Å²) >= 11 is 0. The number of nitrogens with zero attached hydrogens (tertiary/aromatic N) is 2. The maximum atomic E-state index is 11.1. The summed E-state index contributed by atoms with van der Waals surface area (Å²) in [5.74, 6) is -2.48. The van der Waals surface area contributed by atoms with Crippen molar-refractivity contribution >= 4 is 11.8 Å². The van der Waals surface area contributed by atoms with Gasteiger partial charge in [0.05, 0.1) is 12.5 Å².